The van der Waals surface area contributed by atoms with Crippen molar-refractivity contribution in [2.75, 3.05) is 10.6 Å². The van der Waals surface area contributed by atoms with E-state index in [2.05, 4.69) is 10.6 Å². The largest absolute Gasteiger partial charge is 0.432 e. The van der Waals surface area contributed by atoms with Crippen LogP contribution in [0.15, 0.2) is 48.5 Å². The third-order valence-corrected chi connectivity index (χ3v) is 4.87. The first kappa shape index (κ1) is 22.9. The smallest absolute Gasteiger partial charge is 0.405 e. The summed E-state index contributed by atoms with van der Waals surface area (Å²) in [5, 5.41) is 5.14. The van der Waals surface area contributed by atoms with Crippen molar-refractivity contribution in [1.82, 2.24) is 0 Å². The predicted octanol–water partition coefficient (Wildman–Crippen LogP) is 4.31. The van der Waals surface area contributed by atoms with Crippen molar-refractivity contribution in [2.45, 2.75) is 39.7 Å². The molecule has 2 rings (SSSR count). The van der Waals surface area contributed by atoms with E-state index >= 15 is 0 Å². The number of amides is 3. The number of para-hydroxylation sites is 1. The highest BCUT2D eigenvalue weighted by Gasteiger charge is 2.51. The van der Waals surface area contributed by atoms with E-state index in [0.717, 1.165) is 6.07 Å². The van der Waals surface area contributed by atoms with E-state index < -0.39 is 34.7 Å². The van der Waals surface area contributed by atoms with Crippen molar-refractivity contribution in [3.05, 3.63) is 59.9 Å². The lowest BCUT2D eigenvalue weighted by Gasteiger charge is -2.41. The van der Waals surface area contributed by atoms with Crippen molar-refractivity contribution >= 4 is 29.3 Å². The van der Waals surface area contributed by atoms with Gasteiger partial charge in [-0.15, -0.1) is 0 Å². The first-order valence-corrected chi connectivity index (χ1v) is 9.46. The van der Waals surface area contributed by atoms with Crippen LogP contribution in [0.25, 0.3) is 0 Å². The zero-order valence-electron chi connectivity index (χ0n) is 17.4. The molecule has 0 spiro atoms. The van der Waals surface area contributed by atoms with Gasteiger partial charge in [0, 0.05) is 11.1 Å². The molecule has 4 N–H and O–H groups in total. The van der Waals surface area contributed by atoms with Gasteiger partial charge >= 0.3 is 6.09 Å². The van der Waals surface area contributed by atoms with Gasteiger partial charge in [0.15, 0.2) is 5.60 Å². The highest BCUT2D eigenvalue weighted by Crippen LogP contribution is 2.38. The Morgan fingerprint density at radius 3 is 2.17 bits per heavy atom. The second-order valence-corrected chi connectivity index (χ2v) is 7.79. The van der Waals surface area contributed by atoms with E-state index in [4.69, 9.17) is 10.5 Å². The normalized spacial score (nSPS) is 13.1. The van der Waals surface area contributed by atoms with Gasteiger partial charge in [-0.1, -0.05) is 52.0 Å². The first-order valence-electron chi connectivity index (χ1n) is 9.46. The lowest BCUT2D eigenvalue weighted by molar-refractivity contribution is -0.146. The molecule has 2 aromatic carbocycles. The standard InChI is InChI=1S/C22H26FN3O4/c1-5-22(21(2,3)4,30-20(24)29)19(28)26-16-13-9-12-15(23)17(16)18(27)25-14-10-7-6-8-11-14/h6-13H,5H2,1-4H3,(H2,24,29)(H,25,27)(H,26,28). The number of hydrogen-bond donors (Lipinski definition) is 3. The SMILES string of the molecule is CCC(OC(N)=O)(C(=O)Nc1cccc(F)c1C(=O)Nc1ccccc1)C(C)(C)C. The predicted molar refractivity (Wildman–Crippen MR) is 113 cm³/mol. The van der Waals surface area contributed by atoms with E-state index in [1.165, 1.54) is 12.1 Å². The maximum Gasteiger partial charge on any atom is 0.405 e. The Kier molecular flexibility index (Phi) is 6.81. The molecule has 0 saturated carbocycles. The lowest BCUT2D eigenvalue weighted by Crippen LogP contribution is -2.56. The van der Waals surface area contributed by atoms with Gasteiger partial charge in [0.1, 0.15) is 5.82 Å². The second-order valence-electron chi connectivity index (χ2n) is 7.79. The van der Waals surface area contributed by atoms with Gasteiger partial charge in [-0.3, -0.25) is 9.59 Å². The molecular weight excluding hydrogens is 389 g/mol. The van der Waals surface area contributed by atoms with E-state index in [0.29, 0.717) is 5.69 Å². The third kappa shape index (κ3) is 4.76. The highest BCUT2D eigenvalue weighted by atomic mass is 19.1. The Balaban J connectivity index is 2.42. The third-order valence-electron chi connectivity index (χ3n) is 4.87. The summed E-state index contributed by atoms with van der Waals surface area (Å²) >= 11 is 0. The Morgan fingerprint density at radius 2 is 1.63 bits per heavy atom. The topological polar surface area (TPSA) is 111 Å². The fourth-order valence-electron chi connectivity index (χ4n) is 3.27. The second kappa shape index (κ2) is 8.94. The molecule has 0 bridgehead atoms. The maximum absolute atomic E-state index is 14.6. The average molecular weight is 415 g/mol. The number of hydrogen-bond acceptors (Lipinski definition) is 4. The number of anilines is 2. The number of carbonyl (C=O) groups excluding carboxylic acids is 3. The molecule has 0 fully saturated rings. The Bertz CT molecular complexity index is 941. The molecule has 0 aliphatic heterocycles. The number of primary amides is 1. The average Bonchev–Trinajstić information content (AvgIpc) is 2.65. The summed E-state index contributed by atoms with van der Waals surface area (Å²) in [6.07, 6.45) is -0.991. The van der Waals surface area contributed by atoms with Crippen molar-refractivity contribution < 1.29 is 23.5 Å². The van der Waals surface area contributed by atoms with Crippen LogP contribution in [-0.2, 0) is 9.53 Å². The number of nitrogens with one attached hydrogen (secondary N) is 2. The van der Waals surface area contributed by atoms with Gasteiger partial charge in [0.2, 0.25) is 0 Å². The molecule has 0 aliphatic rings. The number of nitrogens with two attached hydrogens (primary N) is 1. The van der Waals surface area contributed by atoms with Crippen molar-refractivity contribution in [1.29, 1.82) is 0 Å². The van der Waals surface area contributed by atoms with Crippen LogP contribution in [0, 0.1) is 11.2 Å². The van der Waals surface area contributed by atoms with Gasteiger partial charge in [-0.2, -0.15) is 0 Å². The fourth-order valence-corrected chi connectivity index (χ4v) is 3.27. The molecule has 160 valence electrons. The highest BCUT2D eigenvalue weighted by molar-refractivity contribution is 6.11. The molecule has 1 unspecified atom stereocenters. The summed E-state index contributed by atoms with van der Waals surface area (Å²) in [7, 11) is 0. The molecule has 0 aliphatic carbocycles. The van der Waals surface area contributed by atoms with Crippen LogP contribution in [0.3, 0.4) is 0 Å². The van der Waals surface area contributed by atoms with Gasteiger partial charge in [0.25, 0.3) is 11.8 Å². The molecule has 7 nitrogen and oxygen atoms in total. The molecule has 8 heteroatoms. The molecule has 0 radical (unpaired) electrons. The van der Waals surface area contributed by atoms with Crippen molar-refractivity contribution in [3.8, 4) is 0 Å². The van der Waals surface area contributed by atoms with Crippen LogP contribution >= 0.6 is 0 Å². The van der Waals surface area contributed by atoms with Crippen molar-refractivity contribution in [2.24, 2.45) is 11.1 Å². The summed E-state index contributed by atoms with van der Waals surface area (Å²) in [6.45, 7) is 6.82. The minimum atomic E-state index is -1.63. The van der Waals surface area contributed by atoms with E-state index in [1.807, 2.05) is 0 Å². The molecular formula is C22H26FN3O4. The Morgan fingerprint density at radius 1 is 1.00 bits per heavy atom. The summed E-state index contributed by atoms with van der Waals surface area (Å²) in [5.74, 6) is -2.26. The van der Waals surface area contributed by atoms with E-state index in [1.54, 1.807) is 58.0 Å². The molecule has 30 heavy (non-hydrogen) atoms. The van der Waals surface area contributed by atoms with Crippen LogP contribution in [0.1, 0.15) is 44.5 Å². The van der Waals surface area contributed by atoms with Gasteiger partial charge in [0.05, 0.1) is 11.3 Å². The number of benzene rings is 2. The molecule has 0 aromatic heterocycles. The molecule has 0 saturated heterocycles. The maximum atomic E-state index is 14.6. The van der Waals surface area contributed by atoms with Crippen molar-refractivity contribution in [3.63, 3.8) is 0 Å². The molecule has 3 amide bonds. The number of ether oxygens (including phenoxy) is 1. The number of carbonyl (C=O) groups is 3. The van der Waals surface area contributed by atoms with E-state index in [9.17, 15) is 18.8 Å². The van der Waals surface area contributed by atoms with Crippen LogP contribution in [0.5, 0.6) is 0 Å². The summed E-state index contributed by atoms with van der Waals surface area (Å²) in [5.41, 5.74) is 2.82. The Hall–Kier alpha value is -3.42. The fraction of sp³-hybridized carbons (Fsp3) is 0.318. The number of rotatable bonds is 6. The summed E-state index contributed by atoms with van der Waals surface area (Å²) in [4.78, 5) is 37.4. The van der Waals surface area contributed by atoms with Crippen LogP contribution in [0.2, 0.25) is 0 Å². The lowest BCUT2D eigenvalue weighted by atomic mass is 9.73. The molecule has 1 atom stereocenters. The van der Waals surface area contributed by atoms with Crippen LogP contribution < -0.4 is 16.4 Å². The number of halogens is 1. The minimum Gasteiger partial charge on any atom is -0.432 e. The van der Waals surface area contributed by atoms with Gasteiger partial charge < -0.3 is 21.1 Å². The molecule has 0 heterocycles. The quantitative estimate of drug-likeness (QED) is 0.653. The summed E-state index contributed by atoms with van der Waals surface area (Å²) in [6, 6.07) is 12.4. The zero-order valence-corrected chi connectivity index (χ0v) is 17.4. The van der Waals surface area contributed by atoms with Gasteiger partial charge in [-0.05, 0) is 30.7 Å². The molecule has 2 aromatic rings. The van der Waals surface area contributed by atoms with Crippen LogP contribution in [0.4, 0.5) is 20.6 Å². The van der Waals surface area contributed by atoms with Gasteiger partial charge in [-0.25, -0.2) is 9.18 Å². The zero-order chi connectivity index (χ0) is 22.5. The van der Waals surface area contributed by atoms with E-state index in [-0.39, 0.29) is 17.7 Å². The minimum absolute atomic E-state index is 0.0522. The Labute approximate surface area is 174 Å². The monoisotopic (exact) mass is 415 g/mol. The summed E-state index contributed by atoms with van der Waals surface area (Å²) < 4.78 is 19.8. The first-order chi connectivity index (χ1) is 14.0. The van der Waals surface area contributed by atoms with Crippen LogP contribution in [-0.4, -0.2) is 23.5 Å².